The highest BCUT2D eigenvalue weighted by Crippen LogP contribution is 2.22. The molecule has 2 aromatic carbocycles. The van der Waals surface area contributed by atoms with Crippen molar-refractivity contribution in [2.75, 3.05) is 7.11 Å². The van der Waals surface area contributed by atoms with Gasteiger partial charge in [0.15, 0.2) is 0 Å². The number of ether oxygens (including phenoxy) is 1. The van der Waals surface area contributed by atoms with Crippen molar-refractivity contribution in [2.45, 2.75) is 26.6 Å². The number of rotatable bonds is 7. The molecule has 0 radical (unpaired) electrons. The lowest BCUT2D eigenvalue weighted by atomic mass is 10.1. The summed E-state index contributed by atoms with van der Waals surface area (Å²) in [7, 11) is 1.62. The van der Waals surface area contributed by atoms with Crippen LogP contribution in [0, 0.1) is 6.92 Å². The Morgan fingerprint density at radius 3 is 2.71 bits per heavy atom. The van der Waals surface area contributed by atoms with Crippen LogP contribution in [0.15, 0.2) is 71.1 Å². The minimum absolute atomic E-state index is 0.0732. The van der Waals surface area contributed by atoms with Gasteiger partial charge in [0.05, 0.1) is 30.9 Å². The van der Waals surface area contributed by atoms with Crippen LogP contribution in [-0.2, 0) is 24.4 Å². The number of para-hydroxylation sites is 2. The van der Waals surface area contributed by atoms with Crippen LogP contribution in [-0.4, -0.2) is 27.5 Å². The molecule has 158 valence electrons. The maximum atomic E-state index is 13.3. The summed E-state index contributed by atoms with van der Waals surface area (Å²) in [6.45, 7) is 2.69. The van der Waals surface area contributed by atoms with Crippen molar-refractivity contribution in [3.8, 4) is 5.75 Å². The van der Waals surface area contributed by atoms with Gasteiger partial charge in [0, 0.05) is 17.0 Å². The summed E-state index contributed by atoms with van der Waals surface area (Å²) in [5, 5.41) is 2.51. The smallest absolute Gasteiger partial charge is 0.261 e. The predicted molar refractivity (Wildman–Crippen MR) is 122 cm³/mol. The molecular formula is C24H23N3O3S. The first-order valence-corrected chi connectivity index (χ1v) is 10.8. The Morgan fingerprint density at radius 1 is 1.10 bits per heavy atom. The normalized spacial score (nSPS) is 10.9. The van der Waals surface area contributed by atoms with Gasteiger partial charge in [-0.05, 0) is 36.1 Å². The number of carbonyl (C=O) groups is 1. The van der Waals surface area contributed by atoms with Crippen molar-refractivity contribution in [3.63, 3.8) is 0 Å². The molecule has 2 heterocycles. The Kier molecular flexibility index (Phi) is 6.13. The van der Waals surface area contributed by atoms with Gasteiger partial charge >= 0.3 is 0 Å². The van der Waals surface area contributed by atoms with Crippen molar-refractivity contribution in [2.24, 2.45) is 0 Å². The number of amides is 1. The van der Waals surface area contributed by atoms with E-state index in [4.69, 9.17) is 4.74 Å². The third-order valence-corrected chi connectivity index (χ3v) is 6.06. The molecule has 7 heteroatoms. The van der Waals surface area contributed by atoms with Crippen molar-refractivity contribution in [1.82, 2.24) is 14.5 Å². The van der Waals surface area contributed by atoms with Crippen LogP contribution in [0.4, 0.5) is 0 Å². The van der Waals surface area contributed by atoms with Gasteiger partial charge in [0.25, 0.3) is 5.56 Å². The second kappa shape index (κ2) is 9.14. The third kappa shape index (κ3) is 4.51. The lowest BCUT2D eigenvalue weighted by molar-refractivity contribution is -0.133. The Labute approximate surface area is 184 Å². The van der Waals surface area contributed by atoms with Crippen LogP contribution in [0.25, 0.3) is 10.9 Å². The lowest BCUT2D eigenvalue weighted by Gasteiger charge is -2.24. The summed E-state index contributed by atoms with van der Waals surface area (Å²) in [4.78, 5) is 33.5. The largest absolute Gasteiger partial charge is 0.496 e. The molecule has 4 rings (SSSR count). The Hall–Kier alpha value is -3.45. The summed E-state index contributed by atoms with van der Waals surface area (Å²) in [6, 6.07) is 17.1. The number of aryl methyl sites for hydroxylation is 1. The SMILES string of the molecule is COc1ccccc1CN(Cc1cccs1)C(=O)Cn1cnc2c(C)cccc2c1=O. The molecule has 0 aliphatic heterocycles. The standard InChI is InChI=1S/C24H23N3O3S/c1-17-7-5-10-20-23(17)25-16-27(24(20)29)15-22(28)26(14-19-9-6-12-31-19)13-18-8-3-4-11-21(18)30-2/h3-12,16H,13-15H2,1-2H3. The van der Waals surface area contributed by atoms with Gasteiger partial charge in [-0.15, -0.1) is 11.3 Å². The molecule has 31 heavy (non-hydrogen) atoms. The van der Waals surface area contributed by atoms with Crippen LogP contribution in [0.5, 0.6) is 5.75 Å². The van der Waals surface area contributed by atoms with E-state index in [1.54, 1.807) is 29.4 Å². The lowest BCUT2D eigenvalue weighted by Crippen LogP contribution is -2.36. The van der Waals surface area contributed by atoms with Crippen molar-refractivity contribution < 1.29 is 9.53 Å². The first kappa shape index (κ1) is 20.8. The molecular weight excluding hydrogens is 410 g/mol. The van der Waals surface area contributed by atoms with Gasteiger partial charge < -0.3 is 9.64 Å². The number of fused-ring (bicyclic) bond motifs is 1. The highest BCUT2D eigenvalue weighted by molar-refractivity contribution is 7.09. The van der Waals surface area contributed by atoms with E-state index < -0.39 is 0 Å². The fourth-order valence-electron chi connectivity index (χ4n) is 3.56. The Balaban J connectivity index is 1.63. The number of carbonyl (C=O) groups excluding carboxylic acids is 1. The fourth-order valence-corrected chi connectivity index (χ4v) is 4.28. The van der Waals surface area contributed by atoms with Gasteiger partial charge in [-0.1, -0.05) is 36.4 Å². The average molecular weight is 434 g/mol. The zero-order valence-corrected chi connectivity index (χ0v) is 18.3. The topological polar surface area (TPSA) is 64.4 Å². The summed E-state index contributed by atoms with van der Waals surface area (Å²) >= 11 is 1.60. The Morgan fingerprint density at radius 2 is 1.94 bits per heavy atom. The van der Waals surface area contributed by atoms with E-state index in [0.717, 1.165) is 21.8 Å². The molecule has 0 N–H and O–H groups in total. The summed E-state index contributed by atoms with van der Waals surface area (Å²) in [5.41, 5.74) is 2.30. The number of aromatic nitrogens is 2. The van der Waals surface area contributed by atoms with Gasteiger partial charge in [-0.2, -0.15) is 0 Å². The van der Waals surface area contributed by atoms with E-state index in [1.807, 2.05) is 60.8 Å². The van der Waals surface area contributed by atoms with Crippen LogP contribution >= 0.6 is 11.3 Å². The number of methoxy groups -OCH3 is 1. The number of hydrogen-bond acceptors (Lipinski definition) is 5. The van der Waals surface area contributed by atoms with E-state index in [0.29, 0.717) is 24.0 Å². The maximum Gasteiger partial charge on any atom is 0.261 e. The van der Waals surface area contributed by atoms with Crippen LogP contribution in [0.1, 0.15) is 16.0 Å². The number of thiophene rings is 1. The quantitative estimate of drug-likeness (QED) is 0.442. The van der Waals surface area contributed by atoms with Crippen molar-refractivity contribution in [1.29, 1.82) is 0 Å². The molecule has 4 aromatic rings. The molecule has 0 bridgehead atoms. The molecule has 0 aliphatic carbocycles. The van der Waals surface area contributed by atoms with Crippen molar-refractivity contribution in [3.05, 3.63) is 92.7 Å². The van der Waals surface area contributed by atoms with E-state index in [9.17, 15) is 9.59 Å². The number of hydrogen-bond donors (Lipinski definition) is 0. The maximum absolute atomic E-state index is 13.3. The first-order chi connectivity index (χ1) is 15.1. The first-order valence-electron chi connectivity index (χ1n) is 9.93. The predicted octanol–water partition coefficient (Wildman–Crippen LogP) is 4.00. The zero-order chi connectivity index (χ0) is 21.8. The number of nitrogens with zero attached hydrogens (tertiary/aromatic N) is 3. The van der Waals surface area contributed by atoms with Gasteiger partial charge in [-0.3, -0.25) is 14.2 Å². The van der Waals surface area contributed by atoms with E-state index in [-0.39, 0.29) is 18.0 Å². The summed E-state index contributed by atoms with van der Waals surface area (Å²) in [5.74, 6) is 0.571. The molecule has 1 amide bonds. The highest BCUT2D eigenvalue weighted by Gasteiger charge is 2.19. The van der Waals surface area contributed by atoms with Gasteiger partial charge in [0.2, 0.25) is 5.91 Å². The molecule has 2 aromatic heterocycles. The second-order valence-electron chi connectivity index (χ2n) is 7.29. The molecule has 0 fully saturated rings. The van der Waals surface area contributed by atoms with Crippen LogP contribution in [0.2, 0.25) is 0 Å². The Bertz CT molecular complexity index is 1260. The molecule has 0 atom stereocenters. The highest BCUT2D eigenvalue weighted by atomic mass is 32.1. The molecule has 0 unspecified atom stereocenters. The average Bonchev–Trinajstić information content (AvgIpc) is 3.29. The fraction of sp³-hybridized carbons (Fsp3) is 0.208. The number of benzene rings is 2. The monoisotopic (exact) mass is 433 g/mol. The van der Waals surface area contributed by atoms with E-state index >= 15 is 0 Å². The minimum atomic E-state index is -0.213. The molecule has 0 saturated heterocycles. The van der Waals surface area contributed by atoms with Gasteiger partial charge in [0.1, 0.15) is 12.3 Å². The minimum Gasteiger partial charge on any atom is -0.496 e. The molecule has 6 nitrogen and oxygen atoms in total. The molecule has 0 aliphatic rings. The molecule has 0 spiro atoms. The summed E-state index contributed by atoms with van der Waals surface area (Å²) < 4.78 is 6.84. The van der Waals surface area contributed by atoms with Crippen molar-refractivity contribution >= 4 is 28.1 Å². The van der Waals surface area contributed by atoms with Crippen LogP contribution in [0.3, 0.4) is 0 Å². The third-order valence-electron chi connectivity index (χ3n) is 5.19. The molecule has 0 saturated carbocycles. The summed E-state index contributed by atoms with van der Waals surface area (Å²) in [6.07, 6.45) is 1.46. The second-order valence-corrected chi connectivity index (χ2v) is 8.32. The van der Waals surface area contributed by atoms with Gasteiger partial charge in [-0.25, -0.2) is 4.98 Å². The van der Waals surface area contributed by atoms with E-state index in [2.05, 4.69) is 4.98 Å². The van der Waals surface area contributed by atoms with Crippen LogP contribution < -0.4 is 10.3 Å². The van der Waals surface area contributed by atoms with E-state index in [1.165, 1.54) is 10.9 Å². The zero-order valence-electron chi connectivity index (χ0n) is 17.4.